The minimum Gasteiger partial charge on any atom is -0.395 e. The van der Waals surface area contributed by atoms with Crippen molar-refractivity contribution in [2.75, 3.05) is 44.9 Å². The Morgan fingerprint density at radius 3 is 2.75 bits per heavy atom. The van der Waals surface area contributed by atoms with Gasteiger partial charge in [-0.2, -0.15) is 0 Å². The van der Waals surface area contributed by atoms with E-state index < -0.39 is 0 Å². The summed E-state index contributed by atoms with van der Waals surface area (Å²) in [5.41, 5.74) is 2.37. The quantitative estimate of drug-likeness (QED) is 0.722. The first kappa shape index (κ1) is 17.4. The van der Waals surface area contributed by atoms with E-state index in [1.54, 1.807) is 7.11 Å². The summed E-state index contributed by atoms with van der Waals surface area (Å²) in [5, 5.41) is 12.7. The average Bonchev–Trinajstić information content (AvgIpc) is 2.44. The molecule has 0 heterocycles. The highest BCUT2D eigenvalue weighted by atomic mass is 79.9. The van der Waals surface area contributed by atoms with Crippen LogP contribution >= 0.6 is 15.9 Å². The third-order valence-corrected chi connectivity index (χ3v) is 3.74. The zero-order chi connectivity index (χ0) is 15.0. The smallest absolute Gasteiger partial charge is 0.0637 e. The monoisotopic (exact) mass is 344 g/mol. The van der Waals surface area contributed by atoms with E-state index in [1.165, 1.54) is 5.56 Å². The summed E-state index contributed by atoms with van der Waals surface area (Å²) in [6, 6.07) is 6.53. The van der Waals surface area contributed by atoms with Crippen molar-refractivity contribution in [1.29, 1.82) is 0 Å². The van der Waals surface area contributed by atoms with E-state index in [1.807, 2.05) is 6.07 Å². The summed E-state index contributed by atoms with van der Waals surface area (Å²) in [6.07, 6.45) is 0. The maximum atomic E-state index is 9.28. The number of nitrogens with one attached hydrogen (secondary N) is 1. The summed E-state index contributed by atoms with van der Waals surface area (Å²) in [4.78, 5) is 2.17. The second-order valence-electron chi connectivity index (χ2n) is 4.69. The summed E-state index contributed by atoms with van der Waals surface area (Å²) < 4.78 is 6.23. The molecule has 0 fully saturated rings. The van der Waals surface area contributed by atoms with E-state index >= 15 is 0 Å². The fourth-order valence-corrected chi connectivity index (χ4v) is 2.63. The third kappa shape index (κ3) is 5.05. The zero-order valence-electron chi connectivity index (χ0n) is 12.5. The maximum absolute atomic E-state index is 9.28. The topological polar surface area (TPSA) is 44.7 Å². The highest BCUT2D eigenvalue weighted by molar-refractivity contribution is 9.10. The fraction of sp³-hybridized carbons (Fsp3) is 0.600. The third-order valence-electron chi connectivity index (χ3n) is 3.24. The van der Waals surface area contributed by atoms with Gasteiger partial charge in [0, 0.05) is 36.4 Å². The SMILES string of the molecule is CCNC(C)c1cc(Br)ccc1N(CCO)CCOC. The fourth-order valence-electron chi connectivity index (χ4n) is 2.25. The molecule has 114 valence electrons. The van der Waals surface area contributed by atoms with Gasteiger partial charge in [-0.25, -0.2) is 0 Å². The predicted molar refractivity (Wildman–Crippen MR) is 87.4 cm³/mol. The van der Waals surface area contributed by atoms with Crippen molar-refractivity contribution in [1.82, 2.24) is 5.32 Å². The number of halogens is 1. The Labute approximate surface area is 130 Å². The molecule has 0 spiro atoms. The zero-order valence-corrected chi connectivity index (χ0v) is 14.1. The summed E-state index contributed by atoms with van der Waals surface area (Å²) in [6.45, 7) is 7.33. The molecule has 20 heavy (non-hydrogen) atoms. The number of hydrogen-bond donors (Lipinski definition) is 2. The molecule has 1 rings (SSSR count). The van der Waals surface area contributed by atoms with E-state index in [2.05, 4.69) is 52.1 Å². The number of anilines is 1. The molecule has 0 saturated carbocycles. The van der Waals surface area contributed by atoms with Crippen LogP contribution in [0.4, 0.5) is 5.69 Å². The minimum absolute atomic E-state index is 0.134. The molecule has 0 radical (unpaired) electrons. The molecular weight excluding hydrogens is 320 g/mol. The largest absolute Gasteiger partial charge is 0.395 e. The van der Waals surface area contributed by atoms with Crippen molar-refractivity contribution < 1.29 is 9.84 Å². The minimum atomic E-state index is 0.134. The van der Waals surface area contributed by atoms with Gasteiger partial charge in [0.1, 0.15) is 0 Å². The van der Waals surface area contributed by atoms with Crippen LogP contribution in [0.1, 0.15) is 25.5 Å². The van der Waals surface area contributed by atoms with Gasteiger partial charge in [0.2, 0.25) is 0 Å². The highest BCUT2D eigenvalue weighted by Gasteiger charge is 2.15. The van der Waals surface area contributed by atoms with E-state index in [9.17, 15) is 5.11 Å². The number of hydrogen-bond acceptors (Lipinski definition) is 4. The van der Waals surface area contributed by atoms with Crippen LogP contribution in [-0.2, 0) is 4.74 Å². The maximum Gasteiger partial charge on any atom is 0.0637 e. The molecule has 0 amide bonds. The molecule has 1 atom stereocenters. The summed E-state index contributed by atoms with van der Waals surface area (Å²) >= 11 is 3.54. The number of ether oxygens (including phenoxy) is 1. The number of methoxy groups -OCH3 is 1. The Bertz CT molecular complexity index is 401. The number of aliphatic hydroxyl groups excluding tert-OH is 1. The lowest BCUT2D eigenvalue weighted by molar-refractivity contribution is 0.203. The molecule has 4 nitrogen and oxygen atoms in total. The van der Waals surface area contributed by atoms with Crippen molar-refractivity contribution in [3.63, 3.8) is 0 Å². The van der Waals surface area contributed by atoms with Crippen molar-refractivity contribution in [3.05, 3.63) is 28.2 Å². The van der Waals surface area contributed by atoms with Gasteiger partial charge in [0.05, 0.1) is 13.2 Å². The van der Waals surface area contributed by atoms with Crippen molar-refractivity contribution >= 4 is 21.6 Å². The van der Waals surface area contributed by atoms with Gasteiger partial charge in [0.15, 0.2) is 0 Å². The molecule has 0 bridgehead atoms. The number of rotatable bonds is 9. The van der Waals surface area contributed by atoms with Crippen LogP contribution in [0.3, 0.4) is 0 Å². The lowest BCUT2D eigenvalue weighted by atomic mass is 10.0. The van der Waals surface area contributed by atoms with Gasteiger partial charge < -0.3 is 20.1 Å². The standard InChI is InChI=1S/C15H25BrN2O2/c1-4-17-12(2)14-11-13(16)5-6-15(14)18(7-9-19)8-10-20-3/h5-6,11-12,17,19H,4,7-10H2,1-3H3. The molecule has 1 aromatic carbocycles. The second kappa shape index (κ2) is 9.34. The van der Waals surface area contributed by atoms with Crippen LogP contribution < -0.4 is 10.2 Å². The van der Waals surface area contributed by atoms with Crippen LogP contribution in [-0.4, -0.2) is 45.1 Å². The average molecular weight is 345 g/mol. The molecule has 2 N–H and O–H groups in total. The Hall–Kier alpha value is -0.620. The molecule has 1 aromatic rings. The van der Waals surface area contributed by atoms with Crippen molar-refractivity contribution in [3.8, 4) is 0 Å². The van der Waals surface area contributed by atoms with Crippen molar-refractivity contribution in [2.24, 2.45) is 0 Å². The lowest BCUT2D eigenvalue weighted by Gasteiger charge is -2.28. The molecule has 5 heteroatoms. The van der Waals surface area contributed by atoms with E-state index in [0.29, 0.717) is 13.2 Å². The Morgan fingerprint density at radius 2 is 2.15 bits per heavy atom. The van der Waals surface area contributed by atoms with Gasteiger partial charge in [-0.1, -0.05) is 22.9 Å². The number of nitrogens with zero attached hydrogens (tertiary/aromatic N) is 1. The van der Waals surface area contributed by atoms with Gasteiger partial charge in [-0.3, -0.25) is 0 Å². The van der Waals surface area contributed by atoms with E-state index in [0.717, 1.165) is 23.2 Å². The first-order valence-corrected chi connectivity index (χ1v) is 7.80. The van der Waals surface area contributed by atoms with E-state index in [4.69, 9.17) is 4.74 Å². The lowest BCUT2D eigenvalue weighted by Crippen LogP contribution is -2.32. The van der Waals surface area contributed by atoms with Gasteiger partial charge in [-0.05, 0) is 37.2 Å². The Kier molecular flexibility index (Phi) is 8.14. The summed E-state index contributed by atoms with van der Waals surface area (Å²) in [5.74, 6) is 0. The predicted octanol–water partition coefficient (Wildman–Crippen LogP) is 2.56. The molecular formula is C15H25BrN2O2. The molecule has 0 aliphatic rings. The normalized spacial score (nSPS) is 12.4. The van der Waals surface area contributed by atoms with Crippen LogP contribution in [0.2, 0.25) is 0 Å². The van der Waals surface area contributed by atoms with Gasteiger partial charge in [0.25, 0.3) is 0 Å². The van der Waals surface area contributed by atoms with Gasteiger partial charge in [-0.15, -0.1) is 0 Å². The van der Waals surface area contributed by atoms with E-state index in [-0.39, 0.29) is 12.6 Å². The molecule has 0 saturated heterocycles. The summed E-state index contributed by atoms with van der Waals surface area (Å²) in [7, 11) is 1.70. The van der Waals surface area contributed by atoms with Crippen LogP contribution in [0.25, 0.3) is 0 Å². The van der Waals surface area contributed by atoms with Crippen LogP contribution in [0.5, 0.6) is 0 Å². The highest BCUT2D eigenvalue weighted by Crippen LogP contribution is 2.29. The molecule has 1 unspecified atom stereocenters. The Balaban J connectivity index is 3.05. The van der Waals surface area contributed by atoms with Gasteiger partial charge >= 0.3 is 0 Å². The van der Waals surface area contributed by atoms with Crippen molar-refractivity contribution in [2.45, 2.75) is 19.9 Å². The Morgan fingerprint density at radius 1 is 1.40 bits per heavy atom. The first-order chi connectivity index (χ1) is 9.63. The van der Waals surface area contributed by atoms with Crippen LogP contribution in [0, 0.1) is 0 Å². The molecule has 0 aromatic heterocycles. The first-order valence-electron chi connectivity index (χ1n) is 7.01. The number of benzene rings is 1. The number of aliphatic hydroxyl groups is 1. The second-order valence-corrected chi connectivity index (χ2v) is 5.60. The molecule has 0 aliphatic heterocycles. The van der Waals surface area contributed by atoms with Crippen LogP contribution in [0.15, 0.2) is 22.7 Å². The molecule has 0 aliphatic carbocycles.